The lowest BCUT2D eigenvalue weighted by atomic mass is 10.2. The molecule has 0 amide bonds. The van der Waals surface area contributed by atoms with E-state index in [2.05, 4.69) is 0 Å². The molecule has 0 bridgehead atoms. The van der Waals surface area contributed by atoms with Crippen LogP contribution in [-0.2, 0) is 21.3 Å². The molecule has 1 N–H and O–H groups in total. The second-order valence-electron chi connectivity index (χ2n) is 2.86. The monoisotopic (exact) mass is 234 g/mol. The summed E-state index contributed by atoms with van der Waals surface area (Å²) in [5.41, 5.74) is -0.0745. The summed E-state index contributed by atoms with van der Waals surface area (Å²) >= 11 is 0. The fraction of sp³-hybridized carbons (Fsp3) is 0.222. The molecule has 0 spiro atoms. The first-order valence-electron chi connectivity index (χ1n) is 3.99. The molecule has 0 aliphatic carbocycles. The topological polar surface area (TPSA) is 54.4 Å². The van der Waals surface area contributed by atoms with Gasteiger partial charge in [0.1, 0.15) is 17.4 Å². The molecule has 1 aromatic carbocycles. The molecule has 0 aliphatic rings. The van der Waals surface area contributed by atoms with E-state index in [1.54, 1.807) is 0 Å². The Morgan fingerprint density at radius 3 is 2.67 bits per heavy atom. The summed E-state index contributed by atoms with van der Waals surface area (Å²) in [4.78, 5) is 10.2. The number of carboxylic acid groups (broad SMARTS) is 1. The Hall–Kier alpha value is -1.30. The van der Waals surface area contributed by atoms with E-state index in [-0.39, 0.29) is 11.3 Å². The van der Waals surface area contributed by atoms with Gasteiger partial charge in [-0.2, -0.15) is 0 Å². The smallest absolute Gasteiger partial charge is 0.316 e. The van der Waals surface area contributed by atoms with E-state index in [9.17, 15) is 17.8 Å². The van der Waals surface area contributed by atoms with Crippen molar-refractivity contribution in [3.8, 4) is 0 Å². The van der Waals surface area contributed by atoms with Crippen LogP contribution < -0.4 is 0 Å². The van der Waals surface area contributed by atoms with Crippen molar-refractivity contribution < 1.29 is 22.9 Å². The first kappa shape index (κ1) is 11.8. The van der Waals surface area contributed by atoms with Crippen LogP contribution in [0, 0.1) is 11.6 Å². The molecule has 1 atom stereocenters. The molecule has 1 rings (SSSR count). The van der Waals surface area contributed by atoms with E-state index in [1.807, 2.05) is 0 Å². The Morgan fingerprint density at radius 1 is 1.40 bits per heavy atom. The van der Waals surface area contributed by atoms with Gasteiger partial charge in [-0.25, -0.2) is 8.78 Å². The summed E-state index contributed by atoms with van der Waals surface area (Å²) in [6, 6.07) is 2.77. The highest BCUT2D eigenvalue weighted by Crippen LogP contribution is 2.11. The van der Waals surface area contributed by atoms with Crippen molar-refractivity contribution in [2.24, 2.45) is 0 Å². The zero-order chi connectivity index (χ0) is 11.4. The Bertz CT molecular complexity index is 406. The van der Waals surface area contributed by atoms with Crippen LogP contribution in [0.15, 0.2) is 18.2 Å². The van der Waals surface area contributed by atoms with Crippen molar-refractivity contribution in [2.75, 3.05) is 5.75 Å². The number of hydrogen-bond donors (Lipinski definition) is 1. The molecule has 0 aromatic heterocycles. The van der Waals surface area contributed by atoms with E-state index >= 15 is 0 Å². The number of carboxylic acids is 1. The van der Waals surface area contributed by atoms with Crippen molar-refractivity contribution >= 4 is 16.8 Å². The Morgan fingerprint density at radius 2 is 2.07 bits per heavy atom. The maximum absolute atomic E-state index is 13.0. The molecule has 82 valence electrons. The van der Waals surface area contributed by atoms with Gasteiger partial charge < -0.3 is 5.11 Å². The van der Waals surface area contributed by atoms with E-state index < -0.39 is 34.2 Å². The summed E-state index contributed by atoms with van der Waals surface area (Å²) in [6.07, 6.45) is 0. The minimum absolute atomic E-state index is 0.0745. The first-order chi connectivity index (χ1) is 6.99. The number of carbonyl (C=O) groups is 1. The Kier molecular flexibility index (Phi) is 3.90. The lowest BCUT2D eigenvalue weighted by molar-refractivity contribution is -0.133. The number of halogens is 2. The van der Waals surface area contributed by atoms with Crippen LogP contribution >= 0.6 is 0 Å². The van der Waals surface area contributed by atoms with Crippen molar-refractivity contribution in [3.63, 3.8) is 0 Å². The molecule has 0 fully saturated rings. The van der Waals surface area contributed by atoms with Gasteiger partial charge in [-0.05, 0) is 18.2 Å². The summed E-state index contributed by atoms with van der Waals surface area (Å²) in [6.45, 7) is 0. The van der Waals surface area contributed by atoms with E-state index in [1.165, 1.54) is 0 Å². The maximum atomic E-state index is 13.0. The predicted octanol–water partition coefficient (Wildman–Crippen LogP) is 1.30. The van der Waals surface area contributed by atoms with Gasteiger partial charge in [0, 0.05) is 16.4 Å². The average molecular weight is 234 g/mol. The molecule has 0 heterocycles. The number of aliphatic carboxylic acids is 1. The summed E-state index contributed by atoms with van der Waals surface area (Å²) in [5, 5.41) is 8.32. The number of benzene rings is 1. The van der Waals surface area contributed by atoms with Crippen LogP contribution in [0.1, 0.15) is 5.56 Å². The van der Waals surface area contributed by atoms with E-state index in [4.69, 9.17) is 5.11 Å². The molecule has 3 nitrogen and oxygen atoms in total. The molecule has 15 heavy (non-hydrogen) atoms. The maximum Gasteiger partial charge on any atom is 0.316 e. The van der Waals surface area contributed by atoms with Crippen LogP contribution in [0.3, 0.4) is 0 Å². The molecular weight excluding hydrogens is 226 g/mol. The predicted molar refractivity (Wildman–Crippen MR) is 50.7 cm³/mol. The molecule has 0 aliphatic heterocycles. The summed E-state index contributed by atoms with van der Waals surface area (Å²) in [5.74, 6) is -3.43. The van der Waals surface area contributed by atoms with Crippen LogP contribution in [0.25, 0.3) is 0 Å². The van der Waals surface area contributed by atoms with Gasteiger partial charge in [0.25, 0.3) is 0 Å². The quantitative estimate of drug-likeness (QED) is 0.854. The number of rotatable bonds is 4. The average Bonchev–Trinajstić information content (AvgIpc) is 2.10. The van der Waals surface area contributed by atoms with Gasteiger partial charge in [0.15, 0.2) is 0 Å². The standard InChI is InChI=1S/C9H8F2O3S/c10-7-1-2-8(11)6(3-7)4-15(14)5-9(12)13/h1-3H,4-5H2,(H,12,13). The molecule has 1 aromatic rings. The largest absolute Gasteiger partial charge is 0.481 e. The highest BCUT2D eigenvalue weighted by Gasteiger charge is 2.10. The lowest BCUT2D eigenvalue weighted by Gasteiger charge is -2.02. The van der Waals surface area contributed by atoms with Gasteiger partial charge in [-0.15, -0.1) is 0 Å². The highest BCUT2D eigenvalue weighted by molar-refractivity contribution is 7.84. The SMILES string of the molecule is O=C(O)CS(=O)Cc1cc(F)ccc1F. The van der Waals surface area contributed by atoms with Gasteiger partial charge in [-0.1, -0.05) is 0 Å². The zero-order valence-electron chi connectivity index (χ0n) is 7.57. The van der Waals surface area contributed by atoms with Crippen LogP contribution in [-0.4, -0.2) is 21.0 Å². The molecule has 6 heteroatoms. The van der Waals surface area contributed by atoms with Crippen molar-refractivity contribution in [1.29, 1.82) is 0 Å². The van der Waals surface area contributed by atoms with E-state index in [0.29, 0.717) is 0 Å². The fourth-order valence-electron chi connectivity index (χ4n) is 1.02. The van der Waals surface area contributed by atoms with Crippen LogP contribution in [0.2, 0.25) is 0 Å². The normalized spacial score (nSPS) is 12.4. The van der Waals surface area contributed by atoms with Gasteiger partial charge in [0.05, 0.1) is 5.75 Å². The zero-order valence-corrected chi connectivity index (χ0v) is 8.39. The van der Waals surface area contributed by atoms with Crippen molar-refractivity contribution in [2.45, 2.75) is 5.75 Å². The van der Waals surface area contributed by atoms with E-state index in [0.717, 1.165) is 18.2 Å². The second-order valence-corrected chi connectivity index (χ2v) is 4.31. The van der Waals surface area contributed by atoms with Gasteiger partial charge in [0.2, 0.25) is 0 Å². The van der Waals surface area contributed by atoms with Gasteiger partial charge >= 0.3 is 5.97 Å². The van der Waals surface area contributed by atoms with Gasteiger partial charge in [-0.3, -0.25) is 9.00 Å². The molecule has 0 saturated heterocycles. The summed E-state index contributed by atoms with van der Waals surface area (Å²) in [7, 11) is -1.73. The molecular formula is C9H8F2O3S. The highest BCUT2D eigenvalue weighted by atomic mass is 32.2. The number of hydrogen-bond acceptors (Lipinski definition) is 2. The Labute approximate surface area is 87.2 Å². The van der Waals surface area contributed by atoms with Crippen molar-refractivity contribution in [3.05, 3.63) is 35.4 Å². The first-order valence-corrected chi connectivity index (χ1v) is 5.48. The third-order valence-electron chi connectivity index (χ3n) is 1.61. The third kappa shape index (κ3) is 3.75. The fourth-order valence-corrected chi connectivity index (χ4v) is 1.96. The molecule has 0 saturated carbocycles. The Balaban J connectivity index is 2.76. The molecule has 1 unspecified atom stereocenters. The van der Waals surface area contributed by atoms with Crippen LogP contribution in [0.5, 0.6) is 0 Å². The minimum atomic E-state index is -1.73. The third-order valence-corrected chi connectivity index (χ3v) is 2.81. The second kappa shape index (κ2) is 4.97. The lowest BCUT2D eigenvalue weighted by Crippen LogP contribution is -2.11. The molecule has 0 radical (unpaired) electrons. The minimum Gasteiger partial charge on any atom is -0.481 e. The van der Waals surface area contributed by atoms with Crippen molar-refractivity contribution in [1.82, 2.24) is 0 Å². The van der Waals surface area contributed by atoms with Crippen LogP contribution in [0.4, 0.5) is 8.78 Å². The summed E-state index contributed by atoms with van der Waals surface area (Å²) < 4.78 is 36.8.